The summed E-state index contributed by atoms with van der Waals surface area (Å²) in [5.41, 5.74) is 0.546. The summed E-state index contributed by atoms with van der Waals surface area (Å²) >= 11 is 5.71. The Morgan fingerprint density at radius 3 is 2.40 bits per heavy atom. The van der Waals surface area contributed by atoms with Gasteiger partial charge in [0.1, 0.15) is 5.82 Å². The lowest BCUT2D eigenvalue weighted by Gasteiger charge is -2.11. The van der Waals surface area contributed by atoms with Gasteiger partial charge in [-0.2, -0.15) is 0 Å². The van der Waals surface area contributed by atoms with E-state index in [1.165, 1.54) is 38.2 Å². The number of aliphatic hydroxyl groups is 1. The van der Waals surface area contributed by atoms with Crippen LogP contribution in [0.15, 0.2) is 18.2 Å². The molecule has 0 bridgehead atoms. The zero-order valence-electron chi connectivity index (χ0n) is 12.4. The predicted molar refractivity (Wildman–Crippen MR) is 83.7 cm³/mol. The molecule has 1 aromatic carbocycles. The van der Waals surface area contributed by atoms with Crippen molar-refractivity contribution in [3.05, 3.63) is 34.6 Å². The van der Waals surface area contributed by atoms with Crippen LogP contribution in [0.3, 0.4) is 0 Å². The van der Waals surface area contributed by atoms with E-state index in [9.17, 15) is 9.50 Å². The number of rotatable bonds is 10. The van der Waals surface area contributed by atoms with Gasteiger partial charge in [0, 0.05) is 11.4 Å². The maximum absolute atomic E-state index is 13.6. The molecule has 20 heavy (non-hydrogen) atoms. The molecule has 1 N–H and O–H groups in total. The van der Waals surface area contributed by atoms with Crippen molar-refractivity contribution >= 4 is 11.6 Å². The SMILES string of the molecule is CCCCCCCCCC(O)Cc1ccc(Cl)cc1F. The van der Waals surface area contributed by atoms with Crippen LogP contribution in [-0.4, -0.2) is 11.2 Å². The van der Waals surface area contributed by atoms with Gasteiger partial charge < -0.3 is 5.11 Å². The van der Waals surface area contributed by atoms with Gasteiger partial charge in [0.25, 0.3) is 0 Å². The largest absolute Gasteiger partial charge is 0.393 e. The number of benzene rings is 1. The number of halogens is 2. The minimum Gasteiger partial charge on any atom is -0.393 e. The van der Waals surface area contributed by atoms with Crippen LogP contribution in [-0.2, 0) is 6.42 Å². The molecule has 0 aliphatic heterocycles. The fourth-order valence-corrected chi connectivity index (χ4v) is 2.54. The average molecular weight is 301 g/mol. The van der Waals surface area contributed by atoms with Crippen LogP contribution < -0.4 is 0 Å². The quantitative estimate of drug-likeness (QED) is 0.564. The molecule has 0 spiro atoms. The first kappa shape index (κ1) is 17.5. The summed E-state index contributed by atoms with van der Waals surface area (Å²) in [6.45, 7) is 2.21. The van der Waals surface area contributed by atoms with Crippen LogP contribution in [0.1, 0.15) is 63.9 Å². The monoisotopic (exact) mass is 300 g/mol. The third kappa shape index (κ3) is 7.25. The van der Waals surface area contributed by atoms with Crippen LogP contribution >= 0.6 is 11.6 Å². The molecule has 0 saturated heterocycles. The van der Waals surface area contributed by atoms with Crippen LogP contribution in [0.2, 0.25) is 5.02 Å². The first-order valence-electron chi connectivity index (χ1n) is 7.75. The standard InChI is InChI=1S/C17H26ClFO/c1-2-3-4-5-6-7-8-9-16(20)12-14-10-11-15(18)13-17(14)19/h10-11,13,16,20H,2-9,12H2,1H3. The lowest BCUT2D eigenvalue weighted by molar-refractivity contribution is 0.159. The van der Waals surface area contributed by atoms with E-state index < -0.39 is 6.10 Å². The predicted octanol–water partition coefficient (Wildman–Crippen LogP) is 5.52. The molecule has 0 aliphatic rings. The van der Waals surface area contributed by atoms with Crippen LogP contribution in [0.5, 0.6) is 0 Å². The second-order valence-corrected chi connectivity index (χ2v) is 5.94. The molecule has 0 aliphatic carbocycles. The van der Waals surface area contributed by atoms with Gasteiger partial charge in [0.2, 0.25) is 0 Å². The summed E-state index contributed by atoms with van der Waals surface area (Å²) in [4.78, 5) is 0. The molecule has 114 valence electrons. The van der Waals surface area contributed by atoms with Gasteiger partial charge in [-0.1, -0.05) is 69.5 Å². The van der Waals surface area contributed by atoms with E-state index in [2.05, 4.69) is 6.92 Å². The van der Waals surface area contributed by atoms with Crippen molar-refractivity contribution < 1.29 is 9.50 Å². The lowest BCUT2D eigenvalue weighted by Crippen LogP contribution is -2.11. The normalized spacial score (nSPS) is 12.6. The molecule has 0 amide bonds. The van der Waals surface area contributed by atoms with E-state index in [0.29, 0.717) is 17.0 Å². The topological polar surface area (TPSA) is 20.2 Å². The molecule has 1 aromatic rings. The molecule has 0 fully saturated rings. The lowest BCUT2D eigenvalue weighted by atomic mass is 10.0. The summed E-state index contributed by atoms with van der Waals surface area (Å²) in [5, 5.41) is 10.3. The summed E-state index contributed by atoms with van der Waals surface area (Å²) < 4.78 is 13.6. The minimum absolute atomic E-state index is 0.323. The van der Waals surface area contributed by atoms with Gasteiger partial charge in [0.05, 0.1) is 6.10 Å². The Bertz CT molecular complexity index is 381. The zero-order valence-corrected chi connectivity index (χ0v) is 13.1. The van der Waals surface area contributed by atoms with Gasteiger partial charge >= 0.3 is 0 Å². The van der Waals surface area contributed by atoms with Gasteiger partial charge in [-0.3, -0.25) is 0 Å². The molecule has 1 nitrogen and oxygen atoms in total. The summed E-state index contributed by atoms with van der Waals surface area (Å²) in [5.74, 6) is -0.323. The minimum atomic E-state index is -0.457. The first-order chi connectivity index (χ1) is 9.63. The van der Waals surface area contributed by atoms with Crippen molar-refractivity contribution in [1.82, 2.24) is 0 Å². The molecular formula is C17H26ClFO. The van der Waals surface area contributed by atoms with Gasteiger partial charge in [-0.05, 0) is 24.1 Å². The van der Waals surface area contributed by atoms with Crippen molar-refractivity contribution in [3.8, 4) is 0 Å². The number of aliphatic hydroxyl groups excluding tert-OH is 1. The maximum Gasteiger partial charge on any atom is 0.127 e. The highest BCUT2D eigenvalue weighted by atomic mass is 35.5. The highest BCUT2D eigenvalue weighted by Crippen LogP contribution is 2.18. The van der Waals surface area contributed by atoms with E-state index in [1.807, 2.05) is 0 Å². The molecule has 1 unspecified atom stereocenters. The summed E-state index contributed by atoms with van der Waals surface area (Å²) in [6.07, 6.45) is 9.26. The van der Waals surface area contributed by atoms with Crippen molar-refractivity contribution in [2.45, 2.75) is 70.8 Å². The Morgan fingerprint density at radius 2 is 1.75 bits per heavy atom. The first-order valence-corrected chi connectivity index (χ1v) is 8.13. The zero-order chi connectivity index (χ0) is 14.8. The van der Waals surface area contributed by atoms with Gasteiger partial charge in [-0.15, -0.1) is 0 Å². The van der Waals surface area contributed by atoms with E-state index in [0.717, 1.165) is 19.3 Å². The van der Waals surface area contributed by atoms with Crippen molar-refractivity contribution in [3.63, 3.8) is 0 Å². The molecule has 0 heterocycles. The Labute approximate surface area is 127 Å². The van der Waals surface area contributed by atoms with Crippen LogP contribution in [0.25, 0.3) is 0 Å². The van der Waals surface area contributed by atoms with Crippen molar-refractivity contribution in [2.75, 3.05) is 0 Å². The Balaban J connectivity index is 2.15. The van der Waals surface area contributed by atoms with E-state index >= 15 is 0 Å². The number of hydrogen-bond donors (Lipinski definition) is 1. The smallest absolute Gasteiger partial charge is 0.127 e. The molecule has 0 saturated carbocycles. The molecule has 0 radical (unpaired) electrons. The van der Waals surface area contributed by atoms with Crippen LogP contribution in [0.4, 0.5) is 4.39 Å². The molecule has 3 heteroatoms. The Morgan fingerprint density at radius 1 is 1.10 bits per heavy atom. The molecular weight excluding hydrogens is 275 g/mol. The highest BCUT2D eigenvalue weighted by Gasteiger charge is 2.09. The van der Waals surface area contributed by atoms with E-state index in [4.69, 9.17) is 11.6 Å². The summed E-state index contributed by atoms with van der Waals surface area (Å²) in [6, 6.07) is 4.63. The molecule has 1 rings (SSSR count). The molecule has 0 aromatic heterocycles. The molecule has 1 atom stereocenters. The highest BCUT2D eigenvalue weighted by molar-refractivity contribution is 6.30. The fraction of sp³-hybridized carbons (Fsp3) is 0.647. The summed E-state index contributed by atoms with van der Waals surface area (Å²) in [7, 11) is 0. The van der Waals surface area contributed by atoms with Crippen molar-refractivity contribution in [2.24, 2.45) is 0 Å². The van der Waals surface area contributed by atoms with Gasteiger partial charge in [0.15, 0.2) is 0 Å². The Kier molecular flexibility index (Phi) is 8.88. The second-order valence-electron chi connectivity index (χ2n) is 5.50. The van der Waals surface area contributed by atoms with Gasteiger partial charge in [-0.25, -0.2) is 4.39 Å². The second kappa shape index (κ2) is 10.2. The number of unbranched alkanes of at least 4 members (excludes halogenated alkanes) is 6. The third-order valence-corrected chi connectivity index (χ3v) is 3.85. The van der Waals surface area contributed by atoms with Crippen LogP contribution in [0, 0.1) is 5.82 Å². The maximum atomic E-state index is 13.6. The van der Waals surface area contributed by atoms with Crippen molar-refractivity contribution in [1.29, 1.82) is 0 Å². The number of hydrogen-bond acceptors (Lipinski definition) is 1. The van der Waals surface area contributed by atoms with E-state index in [1.54, 1.807) is 12.1 Å². The fourth-order valence-electron chi connectivity index (χ4n) is 2.38. The van der Waals surface area contributed by atoms with E-state index in [-0.39, 0.29) is 5.82 Å². The third-order valence-electron chi connectivity index (χ3n) is 3.61. The average Bonchev–Trinajstić information content (AvgIpc) is 2.41. The Hall–Kier alpha value is -0.600.